The third kappa shape index (κ3) is 1.75. The summed E-state index contributed by atoms with van der Waals surface area (Å²) in [6.07, 6.45) is 0. The molecule has 0 amide bonds. The zero-order valence-corrected chi connectivity index (χ0v) is 9.60. The Morgan fingerprint density at radius 1 is 1.59 bits per heavy atom. The molecule has 90 valence electrons. The van der Waals surface area contributed by atoms with Crippen LogP contribution in [0.2, 0.25) is 0 Å². The van der Waals surface area contributed by atoms with Gasteiger partial charge < -0.3 is 9.26 Å². The number of aromatic nitrogens is 3. The number of nitrogens with zero attached hydrogens (tertiary/aromatic N) is 2. The van der Waals surface area contributed by atoms with Crippen LogP contribution in [-0.4, -0.2) is 28.0 Å². The van der Waals surface area contributed by atoms with Gasteiger partial charge in [-0.2, -0.15) is 0 Å². The number of hydrogen-bond donors (Lipinski definition) is 1. The molecule has 7 nitrogen and oxygen atoms in total. The van der Waals surface area contributed by atoms with E-state index in [2.05, 4.69) is 15.0 Å². The molecule has 2 aromatic heterocycles. The van der Waals surface area contributed by atoms with Crippen molar-refractivity contribution in [2.75, 3.05) is 7.11 Å². The summed E-state index contributed by atoms with van der Waals surface area (Å²) in [7, 11) is 2.84. The van der Waals surface area contributed by atoms with Crippen molar-refractivity contribution in [1.82, 2.24) is 14.9 Å². The number of aromatic amines is 1. The number of carbonyl (C=O) groups excluding carboxylic acids is 1. The van der Waals surface area contributed by atoms with E-state index < -0.39 is 5.97 Å². The summed E-state index contributed by atoms with van der Waals surface area (Å²) in [5, 5.41) is 6.37. The van der Waals surface area contributed by atoms with Crippen molar-refractivity contribution in [3.63, 3.8) is 0 Å². The molecule has 0 aromatic carbocycles. The molecule has 2 rings (SSSR count). The Morgan fingerprint density at radius 2 is 2.29 bits per heavy atom. The van der Waals surface area contributed by atoms with Crippen molar-refractivity contribution in [1.29, 1.82) is 0 Å². The first-order valence-electron chi connectivity index (χ1n) is 4.85. The van der Waals surface area contributed by atoms with Gasteiger partial charge in [0.05, 0.1) is 7.11 Å². The van der Waals surface area contributed by atoms with Crippen molar-refractivity contribution >= 4 is 5.97 Å². The molecule has 0 radical (unpaired) electrons. The Hall–Kier alpha value is -2.31. The molecule has 0 aliphatic heterocycles. The summed E-state index contributed by atoms with van der Waals surface area (Å²) in [6, 6.07) is 1.38. The van der Waals surface area contributed by atoms with Crippen LogP contribution in [0, 0.1) is 6.92 Å². The number of carbonyl (C=O) groups is 1. The van der Waals surface area contributed by atoms with Crippen LogP contribution >= 0.6 is 0 Å². The zero-order chi connectivity index (χ0) is 12.6. The molecule has 0 unspecified atom stereocenters. The molecule has 2 heterocycles. The van der Waals surface area contributed by atoms with Crippen molar-refractivity contribution in [3.8, 4) is 11.3 Å². The van der Waals surface area contributed by atoms with Gasteiger partial charge in [-0.25, -0.2) is 4.79 Å². The van der Waals surface area contributed by atoms with Gasteiger partial charge in [-0.15, -0.1) is 0 Å². The van der Waals surface area contributed by atoms with E-state index in [-0.39, 0.29) is 17.0 Å². The van der Waals surface area contributed by atoms with Gasteiger partial charge in [-0.05, 0) is 6.92 Å². The lowest BCUT2D eigenvalue weighted by atomic mass is 10.2. The highest BCUT2D eigenvalue weighted by Gasteiger charge is 2.19. The molecule has 0 saturated carbocycles. The Bertz CT molecular complexity index is 620. The summed E-state index contributed by atoms with van der Waals surface area (Å²) >= 11 is 0. The van der Waals surface area contributed by atoms with Gasteiger partial charge in [-0.1, -0.05) is 5.16 Å². The number of esters is 1. The SMILES string of the molecule is COC(=O)c1cc(-c2c(C)[nH]n(C)c2=O)on1. The van der Waals surface area contributed by atoms with Crippen molar-refractivity contribution in [3.05, 3.63) is 27.8 Å². The second-order valence-corrected chi connectivity index (χ2v) is 3.54. The minimum absolute atomic E-state index is 0.0325. The summed E-state index contributed by atoms with van der Waals surface area (Å²) < 4.78 is 10.8. The van der Waals surface area contributed by atoms with E-state index in [0.29, 0.717) is 11.3 Å². The molecular formula is C10H11N3O4. The van der Waals surface area contributed by atoms with Gasteiger partial charge in [0.1, 0.15) is 5.56 Å². The lowest BCUT2D eigenvalue weighted by Crippen LogP contribution is -2.12. The molecule has 0 aliphatic carbocycles. The largest absolute Gasteiger partial charge is 0.464 e. The summed E-state index contributed by atoms with van der Waals surface area (Å²) in [4.78, 5) is 23.0. The fraction of sp³-hybridized carbons (Fsp3) is 0.300. The first kappa shape index (κ1) is 11.2. The zero-order valence-electron chi connectivity index (χ0n) is 9.60. The number of ether oxygens (including phenoxy) is 1. The number of methoxy groups -OCH3 is 1. The van der Waals surface area contributed by atoms with E-state index in [4.69, 9.17) is 4.52 Å². The monoisotopic (exact) mass is 237 g/mol. The van der Waals surface area contributed by atoms with Crippen molar-refractivity contribution in [2.24, 2.45) is 7.05 Å². The van der Waals surface area contributed by atoms with Gasteiger partial charge in [0.25, 0.3) is 5.56 Å². The van der Waals surface area contributed by atoms with E-state index in [1.165, 1.54) is 17.9 Å². The van der Waals surface area contributed by atoms with E-state index in [0.717, 1.165) is 0 Å². The number of aryl methyl sites for hydroxylation is 2. The van der Waals surface area contributed by atoms with Crippen LogP contribution < -0.4 is 5.56 Å². The Kier molecular flexibility index (Phi) is 2.58. The molecular weight excluding hydrogens is 226 g/mol. The second kappa shape index (κ2) is 3.93. The van der Waals surface area contributed by atoms with E-state index >= 15 is 0 Å². The molecule has 7 heteroatoms. The molecule has 0 spiro atoms. The highest BCUT2D eigenvalue weighted by atomic mass is 16.5. The Balaban J connectivity index is 2.51. The number of hydrogen-bond acceptors (Lipinski definition) is 5. The van der Waals surface area contributed by atoms with Crippen LogP contribution in [0.4, 0.5) is 0 Å². The number of rotatable bonds is 2. The van der Waals surface area contributed by atoms with Crippen LogP contribution in [0.15, 0.2) is 15.4 Å². The molecule has 0 aliphatic rings. The third-order valence-corrected chi connectivity index (χ3v) is 2.38. The topological polar surface area (TPSA) is 90.1 Å². The predicted molar refractivity (Wildman–Crippen MR) is 57.6 cm³/mol. The smallest absolute Gasteiger partial charge is 0.360 e. The van der Waals surface area contributed by atoms with Crippen LogP contribution in [0.25, 0.3) is 11.3 Å². The maximum atomic E-state index is 11.8. The molecule has 0 atom stereocenters. The van der Waals surface area contributed by atoms with Gasteiger partial charge in [0.2, 0.25) is 0 Å². The molecule has 1 N–H and O–H groups in total. The van der Waals surface area contributed by atoms with Crippen LogP contribution in [0.3, 0.4) is 0 Å². The maximum absolute atomic E-state index is 11.8. The number of nitrogens with one attached hydrogen (secondary N) is 1. The standard InChI is InChI=1S/C10H11N3O4/c1-5-8(9(14)13(2)11-5)7-4-6(12-17-7)10(15)16-3/h4,11H,1-3H3. The van der Waals surface area contributed by atoms with Gasteiger partial charge in [-0.3, -0.25) is 14.6 Å². The van der Waals surface area contributed by atoms with Crippen molar-refractivity contribution < 1.29 is 14.1 Å². The highest BCUT2D eigenvalue weighted by molar-refractivity contribution is 5.88. The second-order valence-electron chi connectivity index (χ2n) is 3.54. The maximum Gasteiger partial charge on any atom is 0.360 e. The minimum atomic E-state index is -0.606. The first-order valence-corrected chi connectivity index (χ1v) is 4.85. The normalized spacial score (nSPS) is 10.5. The first-order chi connectivity index (χ1) is 8.04. The number of H-pyrrole nitrogens is 1. The van der Waals surface area contributed by atoms with Crippen LogP contribution in [0.5, 0.6) is 0 Å². The molecule has 0 bridgehead atoms. The average molecular weight is 237 g/mol. The fourth-order valence-corrected chi connectivity index (χ4v) is 1.57. The van der Waals surface area contributed by atoms with E-state index in [1.54, 1.807) is 14.0 Å². The Morgan fingerprint density at radius 3 is 2.82 bits per heavy atom. The molecule has 0 saturated heterocycles. The minimum Gasteiger partial charge on any atom is -0.464 e. The summed E-state index contributed by atoms with van der Waals surface area (Å²) in [5.74, 6) is -0.366. The molecule has 2 aromatic rings. The quantitative estimate of drug-likeness (QED) is 0.766. The predicted octanol–water partition coefficient (Wildman–Crippen LogP) is 0.463. The third-order valence-electron chi connectivity index (χ3n) is 2.38. The highest BCUT2D eigenvalue weighted by Crippen LogP contribution is 2.19. The van der Waals surface area contributed by atoms with Crippen LogP contribution in [-0.2, 0) is 11.8 Å². The van der Waals surface area contributed by atoms with E-state index in [1.807, 2.05) is 0 Å². The van der Waals surface area contributed by atoms with E-state index in [9.17, 15) is 9.59 Å². The van der Waals surface area contributed by atoms with Gasteiger partial charge in [0.15, 0.2) is 11.5 Å². The summed E-state index contributed by atoms with van der Waals surface area (Å²) in [6.45, 7) is 1.73. The van der Waals surface area contributed by atoms with Gasteiger partial charge >= 0.3 is 5.97 Å². The van der Waals surface area contributed by atoms with Gasteiger partial charge in [0, 0.05) is 18.8 Å². The van der Waals surface area contributed by atoms with Crippen LogP contribution in [0.1, 0.15) is 16.2 Å². The Labute approximate surface area is 96.0 Å². The average Bonchev–Trinajstić information content (AvgIpc) is 2.85. The lowest BCUT2D eigenvalue weighted by Gasteiger charge is -1.89. The molecule has 0 fully saturated rings. The fourth-order valence-electron chi connectivity index (χ4n) is 1.57. The summed E-state index contributed by atoms with van der Waals surface area (Å²) in [5.41, 5.74) is 0.792. The molecule has 17 heavy (non-hydrogen) atoms. The lowest BCUT2D eigenvalue weighted by molar-refractivity contribution is 0.0589. The van der Waals surface area contributed by atoms with Crippen molar-refractivity contribution in [2.45, 2.75) is 6.92 Å².